The molecule has 1 saturated heterocycles. The van der Waals surface area contributed by atoms with Crippen molar-refractivity contribution in [1.29, 1.82) is 0 Å². The van der Waals surface area contributed by atoms with Crippen molar-refractivity contribution in [1.82, 2.24) is 9.80 Å². The zero-order chi connectivity index (χ0) is 17.7. The first-order valence-electron chi connectivity index (χ1n) is 9.48. The topological polar surface area (TPSA) is 49.9 Å². The normalized spacial score (nSPS) is 26.2. The van der Waals surface area contributed by atoms with Crippen LogP contribution in [0.3, 0.4) is 0 Å². The van der Waals surface area contributed by atoms with Crippen LogP contribution in [0.2, 0.25) is 0 Å². The molecule has 0 unspecified atom stereocenters. The third-order valence-electron chi connectivity index (χ3n) is 5.23. The third-order valence-corrected chi connectivity index (χ3v) is 5.23. The Morgan fingerprint density at radius 1 is 0.958 bits per heavy atom. The number of rotatable bonds is 3. The predicted octanol–water partition coefficient (Wildman–Crippen LogP) is 2.69. The molecule has 5 nitrogen and oxygen atoms in total. The van der Waals surface area contributed by atoms with Crippen LogP contribution in [0.25, 0.3) is 0 Å². The Morgan fingerprint density at radius 3 is 2.25 bits per heavy atom. The summed E-state index contributed by atoms with van der Waals surface area (Å²) in [4.78, 5) is 28.7. The quantitative estimate of drug-likeness (QED) is 0.795. The first-order valence-corrected chi connectivity index (χ1v) is 9.48. The van der Waals surface area contributed by atoms with Gasteiger partial charge in [0.05, 0.1) is 6.10 Å². The van der Waals surface area contributed by atoms with Crippen molar-refractivity contribution in [3.05, 3.63) is 0 Å². The van der Waals surface area contributed by atoms with Crippen molar-refractivity contribution in [3.8, 4) is 0 Å². The highest BCUT2D eigenvalue weighted by molar-refractivity contribution is 5.82. The molecule has 2 rings (SSSR count). The molecule has 138 valence electrons. The van der Waals surface area contributed by atoms with Gasteiger partial charge in [-0.05, 0) is 25.2 Å². The van der Waals surface area contributed by atoms with Gasteiger partial charge < -0.3 is 14.5 Å². The van der Waals surface area contributed by atoms with Crippen molar-refractivity contribution in [3.63, 3.8) is 0 Å². The van der Waals surface area contributed by atoms with Gasteiger partial charge in [0.15, 0.2) is 0 Å². The molecule has 0 bridgehead atoms. The summed E-state index contributed by atoms with van der Waals surface area (Å²) in [7, 11) is 0. The Kier molecular flexibility index (Phi) is 6.67. The maximum Gasteiger partial charge on any atom is 0.248 e. The Morgan fingerprint density at radius 2 is 1.58 bits per heavy atom. The maximum atomic E-state index is 12.5. The summed E-state index contributed by atoms with van der Waals surface area (Å²) in [5.74, 6) is 0.789. The van der Waals surface area contributed by atoms with E-state index >= 15 is 0 Å². The van der Waals surface area contributed by atoms with Gasteiger partial charge in [0.1, 0.15) is 6.61 Å². The fraction of sp³-hybridized carbons (Fsp3) is 0.895. The summed E-state index contributed by atoms with van der Waals surface area (Å²) in [6.07, 6.45) is 5.83. The Labute approximate surface area is 146 Å². The monoisotopic (exact) mass is 338 g/mol. The molecule has 1 aliphatic heterocycles. The molecule has 5 heteroatoms. The fourth-order valence-corrected chi connectivity index (χ4v) is 3.64. The number of carbonyl (C=O) groups excluding carboxylic acids is 2. The summed E-state index contributed by atoms with van der Waals surface area (Å²) >= 11 is 0. The molecule has 1 saturated carbocycles. The number of ether oxygens (including phenoxy) is 1. The first-order chi connectivity index (χ1) is 11.3. The smallest absolute Gasteiger partial charge is 0.248 e. The van der Waals surface area contributed by atoms with Gasteiger partial charge in [-0.25, -0.2) is 0 Å². The summed E-state index contributed by atoms with van der Waals surface area (Å²) in [6, 6.07) is 0. The van der Waals surface area contributed by atoms with Gasteiger partial charge in [-0.1, -0.05) is 40.5 Å². The highest BCUT2D eigenvalue weighted by atomic mass is 16.5. The minimum atomic E-state index is -0.362. The van der Waals surface area contributed by atoms with E-state index in [0.29, 0.717) is 19.0 Å². The van der Waals surface area contributed by atoms with Crippen molar-refractivity contribution in [2.75, 3.05) is 32.8 Å². The molecule has 1 aliphatic carbocycles. The number of hydrogen-bond donors (Lipinski definition) is 0. The molecule has 24 heavy (non-hydrogen) atoms. The van der Waals surface area contributed by atoms with Crippen molar-refractivity contribution < 1.29 is 14.3 Å². The van der Waals surface area contributed by atoms with E-state index in [0.717, 1.165) is 25.9 Å². The summed E-state index contributed by atoms with van der Waals surface area (Å²) in [6.45, 7) is 10.9. The van der Waals surface area contributed by atoms with Crippen LogP contribution in [-0.2, 0) is 14.3 Å². The lowest BCUT2D eigenvalue weighted by Crippen LogP contribution is -2.43. The average Bonchev–Trinajstić information content (AvgIpc) is 2.78. The summed E-state index contributed by atoms with van der Waals surface area (Å²) in [5, 5.41) is 0. The van der Waals surface area contributed by atoms with Gasteiger partial charge in [-0.3, -0.25) is 9.59 Å². The fourth-order valence-electron chi connectivity index (χ4n) is 3.64. The lowest BCUT2D eigenvalue weighted by molar-refractivity contribution is -0.142. The van der Waals surface area contributed by atoms with Gasteiger partial charge in [0.2, 0.25) is 11.8 Å². The summed E-state index contributed by atoms with van der Waals surface area (Å²) in [5.41, 5.74) is -0.362. The second-order valence-electron chi connectivity index (χ2n) is 8.39. The summed E-state index contributed by atoms with van der Waals surface area (Å²) < 4.78 is 5.91. The zero-order valence-corrected chi connectivity index (χ0v) is 15.8. The van der Waals surface area contributed by atoms with Crippen molar-refractivity contribution in [2.45, 2.75) is 65.9 Å². The second kappa shape index (κ2) is 8.32. The van der Waals surface area contributed by atoms with E-state index in [1.807, 2.05) is 30.6 Å². The Balaban J connectivity index is 1.80. The molecule has 0 aromatic rings. The lowest BCUT2D eigenvalue weighted by atomic mass is 9.88. The molecule has 2 aliphatic rings. The Hall–Kier alpha value is -1.10. The van der Waals surface area contributed by atoms with Gasteiger partial charge in [0, 0.05) is 31.6 Å². The van der Waals surface area contributed by atoms with Crippen LogP contribution in [0, 0.1) is 11.3 Å². The van der Waals surface area contributed by atoms with E-state index in [4.69, 9.17) is 4.74 Å². The maximum absolute atomic E-state index is 12.5. The van der Waals surface area contributed by atoms with Crippen molar-refractivity contribution >= 4 is 11.8 Å². The van der Waals surface area contributed by atoms with E-state index in [1.165, 1.54) is 19.3 Å². The highest BCUT2D eigenvalue weighted by Crippen LogP contribution is 2.26. The number of hydrogen-bond acceptors (Lipinski definition) is 3. The van der Waals surface area contributed by atoms with Crippen molar-refractivity contribution in [2.24, 2.45) is 11.3 Å². The van der Waals surface area contributed by atoms with Crippen LogP contribution in [0.5, 0.6) is 0 Å². The van der Waals surface area contributed by atoms with Gasteiger partial charge in [-0.15, -0.1) is 0 Å². The minimum Gasteiger partial charge on any atom is -0.368 e. The van der Waals surface area contributed by atoms with Gasteiger partial charge in [-0.2, -0.15) is 0 Å². The molecular formula is C19H34N2O3. The van der Waals surface area contributed by atoms with E-state index in [2.05, 4.69) is 6.92 Å². The third kappa shape index (κ3) is 5.20. The lowest BCUT2D eigenvalue weighted by Gasteiger charge is -2.30. The minimum absolute atomic E-state index is 0.0674. The van der Waals surface area contributed by atoms with E-state index in [-0.39, 0.29) is 29.9 Å². The Bertz CT molecular complexity index is 444. The largest absolute Gasteiger partial charge is 0.368 e. The highest BCUT2D eigenvalue weighted by Gasteiger charge is 2.30. The zero-order valence-electron chi connectivity index (χ0n) is 15.8. The van der Waals surface area contributed by atoms with E-state index < -0.39 is 0 Å². The van der Waals surface area contributed by atoms with E-state index in [9.17, 15) is 9.59 Å². The standard InChI is InChI=1S/C19H34N2O3/c1-15-8-5-6-9-16(15)24-14-17(22)20-10-7-11-21(13-12-20)18(23)19(2,3)4/h15-16H,5-14H2,1-4H3/t15-,16-/m1/s1. The molecule has 2 fully saturated rings. The molecule has 0 spiro atoms. The van der Waals surface area contributed by atoms with Crippen LogP contribution in [0.4, 0.5) is 0 Å². The van der Waals surface area contributed by atoms with E-state index in [1.54, 1.807) is 0 Å². The van der Waals surface area contributed by atoms with Crippen LogP contribution in [-0.4, -0.2) is 60.5 Å². The van der Waals surface area contributed by atoms with Crippen LogP contribution in [0.15, 0.2) is 0 Å². The molecular weight excluding hydrogens is 304 g/mol. The van der Waals surface area contributed by atoms with Crippen LogP contribution in [0.1, 0.15) is 59.8 Å². The molecule has 0 aromatic heterocycles. The molecule has 0 N–H and O–H groups in total. The molecule has 0 radical (unpaired) electrons. The number of amides is 2. The number of nitrogens with zero attached hydrogens (tertiary/aromatic N) is 2. The van der Waals surface area contributed by atoms with Crippen LogP contribution >= 0.6 is 0 Å². The molecule has 0 aromatic carbocycles. The van der Waals surface area contributed by atoms with Gasteiger partial charge in [0.25, 0.3) is 0 Å². The predicted molar refractivity (Wildman–Crippen MR) is 94.6 cm³/mol. The SMILES string of the molecule is C[C@@H]1CCCC[C@H]1OCC(=O)N1CCCN(C(=O)C(C)(C)C)CC1. The van der Waals surface area contributed by atoms with Crippen LogP contribution < -0.4 is 0 Å². The average molecular weight is 338 g/mol. The second-order valence-corrected chi connectivity index (χ2v) is 8.39. The molecule has 2 atom stereocenters. The molecule has 1 heterocycles. The molecule has 2 amide bonds. The first kappa shape index (κ1) is 19.2. The van der Waals surface area contributed by atoms with Gasteiger partial charge >= 0.3 is 0 Å². The number of carbonyl (C=O) groups is 2.